The van der Waals surface area contributed by atoms with Gasteiger partial charge in [-0.3, -0.25) is 10.1 Å². The Morgan fingerprint density at radius 2 is 2.00 bits per heavy atom. The summed E-state index contributed by atoms with van der Waals surface area (Å²) in [6.45, 7) is 0.357. The van der Waals surface area contributed by atoms with Gasteiger partial charge in [-0.1, -0.05) is 31.4 Å². The molecule has 1 saturated carbocycles. The second-order valence-electron chi connectivity index (χ2n) is 5.67. The van der Waals surface area contributed by atoms with Gasteiger partial charge in [0, 0.05) is 19.0 Å². The number of amides is 1. The van der Waals surface area contributed by atoms with Gasteiger partial charge >= 0.3 is 0 Å². The van der Waals surface area contributed by atoms with Crippen LogP contribution in [0.1, 0.15) is 44.6 Å². The van der Waals surface area contributed by atoms with Crippen LogP contribution < -0.4 is 11.1 Å². The Labute approximate surface area is 136 Å². The fraction of sp³-hybridized carbons (Fsp3) is 0.500. The number of carbonyl (C=O) groups is 1. The third-order valence-corrected chi connectivity index (χ3v) is 4.16. The third-order valence-electron chi connectivity index (χ3n) is 4.16. The first-order valence-corrected chi connectivity index (χ1v) is 7.76. The van der Waals surface area contributed by atoms with Crippen LogP contribution in [-0.4, -0.2) is 22.0 Å². The number of hydrogen-bond donors (Lipinski definition) is 2. The van der Waals surface area contributed by atoms with Crippen molar-refractivity contribution in [2.24, 2.45) is 5.73 Å². The molecule has 2 aromatic rings. The van der Waals surface area contributed by atoms with Gasteiger partial charge in [-0.2, -0.15) is 0 Å². The number of rotatable bonds is 4. The lowest BCUT2D eigenvalue weighted by Gasteiger charge is -2.25. The van der Waals surface area contributed by atoms with Crippen molar-refractivity contribution in [1.82, 2.24) is 9.55 Å². The SMILES string of the molecule is Cl.NCCC(=O)Nc1nc2ccccc2n1C1CCCCC1. The molecule has 1 aromatic carbocycles. The van der Waals surface area contributed by atoms with E-state index in [2.05, 4.69) is 20.9 Å². The van der Waals surface area contributed by atoms with Gasteiger partial charge < -0.3 is 10.3 Å². The summed E-state index contributed by atoms with van der Waals surface area (Å²) in [4.78, 5) is 16.5. The summed E-state index contributed by atoms with van der Waals surface area (Å²) in [7, 11) is 0. The van der Waals surface area contributed by atoms with Crippen molar-refractivity contribution in [2.45, 2.75) is 44.6 Å². The number of nitrogens with zero attached hydrogens (tertiary/aromatic N) is 2. The normalized spacial score (nSPS) is 15.5. The maximum absolute atomic E-state index is 11.9. The highest BCUT2D eigenvalue weighted by molar-refractivity contribution is 5.91. The molecule has 1 aliphatic rings. The fourth-order valence-corrected chi connectivity index (χ4v) is 3.16. The number of halogens is 1. The number of anilines is 1. The lowest BCUT2D eigenvalue weighted by atomic mass is 9.95. The number of hydrogen-bond acceptors (Lipinski definition) is 3. The zero-order valence-electron chi connectivity index (χ0n) is 12.6. The van der Waals surface area contributed by atoms with Crippen molar-refractivity contribution in [3.8, 4) is 0 Å². The van der Waals surface area contributed by atoms with Crippen LogP contribution in [-0.2, 0) is 4.79 Å². The van der Waals surface area contributed by atoms with Gasteiger partial charge in [-0.25, -0.2) is 4.98 Å². The highest BCUT2D eigenvalue weighted by Gasteiger charge is 2.22. The van der Waals surface area contributed by atoms with E-state index in [0.717, 1.165) is 23.9 Å². The highest BCUT2D eigenvalue weighted by Crippen LogP contribution is 2.34. The number of nitrogens with one attached hydrogen (secondary N) is 1. The first kappa shape index (κ1) is 16.8. The molecule has 120 valence electrons. The van der Waals surface area contributed by atoms with E-state index < -0.39 is 0 Å². The van der Waals surface area contributed by atoms with E-state index in [1.807, 2.05) is 18.2 Å². The monoisotopic (exact) mass is 322 g/mol. The Morgan fingerprint density at radius 1 is 1.27 bits per heavy atom. The van der Waals surface area contributed by atoms with Crippen LogP contribution in [0.15, 0.2) is 24.3 Å². The molecular formula is C16H23ClN4O. The summed E-state index contributed by atoms with van der Waals surface area (Å²) in [5, 5.41) is 2.93. The Kier molecular flexibility index (Phi) is 5.80. The minimum atomic E-state index is -0.0649. The first-order chi connectivity index (χ1) is 10.3. The number of para-hydroxylation sites is 2. The smallest absolute Gasteiger partial charge is 0.227 e. The summed E-state index contributed by atoms with van der Waals surface area (Å²) in [6.07, 6.45) is 6.42. The quantitative estimate of drug-likeness (QED) is 0.907. The molecule has 1 aromatic heterocycles. The lowest BCUT2D eigenvalue weighted by molar-refractivity contribution is -0.116. The second-order valence-corrected chi connectivity index (χ2v) is 5.67. The van der Waals surface area contributed by atoms with E-state index in [9.17, 15) is 4.79 Å². The maximum atomic E-state index is 11.9. The molecule has 1 heterocycles. The van der Waals surface area contributed by atoms with E-state index in [0.29, 0.717) is 25.0 Å². The third kappa shape index (κ3) is 3.42. The maximum Gasteiger partial charge on any atom is 0.227 e. The molecule has 0 aliphatic heterocycles. The number of nitrogens with two attached hydrogens (primary N) is 1. The molecular weight excluding hydrogens is 300 g/mol. The van der Waals surface area contributed by atoms with E-state index in [1.54, 1.807) is 0 Å². The van der Waals surface area contributed by atoms with Crippen molar-refractivity contribution in [3.05, 3.63) is 24.3 Å². The van der Waals surface area contributed by atoms with Crippen LogP contribution in [0.5, 0.6) is 0 Å². The molecule has 1 aliphatic carbocycles. The molecule has 1 fully saturated rings. The van der Waals surface area contributed by atoms with Gasteiger partial charge in [-0.15, -0.1) is 12.4 Å². The minimum Gasteiger partial charge on any atom is -0.330 e. The Bertz CT molecular complexity index is 634. The molecule has 6 heteroatoms. The van der Waals surface area contributed by atoms with Crippen molar-refractivity contribution in [3.63, 3.8) is 0 Å². The highest BCUT2D eigenvalue weighted by atomic mass is 35.5. The van der Waals surface area contributed by atoms with Gasteiger partial charge in [-0.05, 0) is 25.0 Å². The van der Waals surface area contributed by atoms with Gasteiger partial charge in [0.25, 0.3) is 0 Å². The summed E-state index contributed by atoms with van der Waals surface area (Å²) in [5.41, 5.74) is 7.49. The van der Waals surface area contributed by atoms with Crippen LogP contribution in [0.3, 0.4) is 0 Å². The van der Waals surface area contributed by atoms with E-state index in [-0.39, 0.29) is 18.3 Å². The molecule has 5 nitrogen and oxygen atoms in total. The van der Waals surface area contributed by atoms with E-state index >= 15 is 0 Å². The number of benzene rings is 1. The zero-order valence-corrected chi connectivity index (χ0v) is 13.4. The molecule has 0 bridgehead atoms. The fourth-order valence-electron chi connectivity index (χ4n) is 3.16. The summed E-state index contributed by atoms with van der Waals surface area (Å²) < 4.78 is 2.21. The van der Waals surface area contributed by atoms with Crippen molar-refractivity contribution in [1.29, 1.82) is 0 Å². The van der Waals surface area contributed by atoms with E-state index in [4.69, 9.17) is 5.73 Å². The number of fused-ring (bicyclic) bond motifs is 1. The van der Waals surface area contributed by atoms with Crippen LogP contribution >= 0.6 is 12.4 Å². The number of carbonyl (C=O) groups excluding carboxylic acids is 1. The number of imidazole rings is 1. The molecule has 3 rings (SSSR count). The largest absolute Gasteiger partial charge is 0.330 e. The molecule has 0 unspecified atom stereocenters. The average molecular weight is 323 g/mol. The predicted molar refractivity (Wildman–Crippen MR) is 91.4 cm³/mol. The van der Waals surface area contributed by atoms with Crippen LogP contribution in [0, 0.1) is 0 Å². The molecule has 0 atom stereocenters. The Hall–Kier alpha value is -1.59. The van der Waals surface area contributed by atoms with Crippen molar-refractivity contribution in [2.75, 3.05) is 11.9 Å². The molecule has 0 spiro atoms. The minimum absolute atomic E-state index is 0. The Morgan fingerprint density at radius 3 is 2.73 bits per heavy atom. The zero-order chi connectivity index (χ0) is 14.7. The molecule has 1 amide bonds. The summed E-state index contributed by atoms with van der Waals surface area (Å²) in [6, 6.07) is 8.50. The summed E-state index contributed by atoms with van der Waals surface area (Å²) >= 11 is 0. The molecule has 0 saturated heterocycles. The molecule has 22 heavy (non-hydrogen) atoms. The van der Waals surface area contributed by atoms with Crippen molar-refractivity contribution < 1.29 is 4.79 Å². The van der Waals surface area contributed by atoms with Crippen LogP contribution in [0.2, 0.25) is 0 Å². The van der Waals surface area contributed by atoms with Crippen LogP contribution in [0.4, 0.5) is 5.95 Å². The molecule has 0 radical (unpaired) electrons. The standard InChI is InChI=1S/C16H22N4O.ClH/c17-11-10-15(21)19-16-18-13-8-4-5-9-14(13)20(16)12-6-2-1-3-7-12;/h4-5,8-9,12H,1-3,6-7,10-11,17H2,(H,18,19,21);1H. The van der Waals surface area contributed by atoms with Gasteiger partial charge in [0.2, 0.25) is 11.9 Å². The predicted octanol–water partition coefficient (Wildman–Crippen LogP) is 3.25. The van der Waals surface area contributed by atoms with Crippen molar-refractivity contribution >= 4 is 35.3 Å². The average Bonchev–Trinajstić information content (AvgIpc) is 2.86. The topological polar surface area (TPSA) is 72.9 Å². The van der Waals surface area contributed by atoms with E-state index in [1.165, 1.54) is 19.3 Å². The lowest BCUT2D eigenvalue weighted by Crippen LogP contribution is -2.21. The molecule has 3 N–H and O–H groups in total. The van der Waals surface area contributed by atoms with Gasteiger partial charge in [0.1, 0.15) is 0 Å². The number of aromatic nitrogens is 2. The Balaban J connectivity index is 0.00000176. The van der Waals surface area contributed by atoms with Crippen LogP contribution in [0.25, 0.3) is 11.0 Å². The van der Waals surface area contributed by atoms with Gasteiger partial charge in [0.05, 0.1) is 11.0 Å². The van der Waals surface area contributed by atoms with Gasteiger partial charge in [0.15, 0.2) is 0 Å². The second kappa shape index (κ2) is 7.61. The summed E-state index contributed by atoms with van der Waals surface area (Å²) in [5.74, 6) is 0.603. The first-order valence-electron chi connectivity index (χ1n) is 7.76.